The summed E-state index contributed by atoms with van der Waals surface area (Å²) in [5.41, 5.74) is 16.0. The number of hydrogen-bond acceptors (Lipinski definition) is 0. The fourth-order valence-corrected chi connectivity index (χ4v) is 4.32. The summed E-state index contributed by atoms with van der Waals surface area (Å²) in [7, 11) is 2.22. The molecule has 140 valence electrons. The van der Waals surface area contributed by atoms with Gasteiger partial charge in [0, 0.05) is 22.3 Å². The zero-order valence-electron chi connectivity index (χ0n) is 18.3. The summed E-state index contributed by atoms with van der Waals surface area (Å²) < 4.78 is 2.40. The third-order valence-corrected chi connectivity index (χ3v) is 6.04. The molecule has 0 saturated carbocycles. The molecule has 1 aromatic heterocycles. The number of benzene rings is 2. The lowest BCUT2D eigenvalue weighted by Gasteiger charge is -2.16. The molecular weight excluding hydrogens is 326 g/mol. The molecule has 0 bridgehead atoms. The van der Waals surface area contributed by atoms with Crippen LogP contribution in [0.25, 0.3) is 22.5 Å². The third kappa shape index (κ3) is 3.32. The van der Waals surface area contributed by atoms with E-state index in [1.807, 2.05) is 0 Å². The predicted octanol–water partition coefficient (Wildman–Crippen LogP) is 6.31. The Morgan fingerprint density at radius 2 is 0.704 bits per heavy atom. The molecule has 0 N–H and O–H groups in total. The highest BCUT2D eigenvalue weighted by atomic mass is 15.0. The van der Waals surface area contributed by atoms with E-state index in [0.717, 1.165) is 0 Å². The zero-order chi connectivity index (χ0) is 20.0. The van der Waals surface area contributed by atoms with Gasteiger partial charge in [0.05, 0.1) is 0 Å². The van der Waals surface area contributed by atoms with Crippen LogP contribution in [0, 0.1) is 55.4 Å². The molecule has 3 rings (SSSR count). The Morgan fingerprint density at radius 3 is 1.07 bits per heavy atom. The van der Waals surface area contributed by atoms with Gasteiger partial charge in [0.25, 0.3) is 0 Å². The van der Waals surface area contributed by atoms with Crippen molar-refractivity contribution in [2.45, 2.75) is 55.4 Å². The zero-order valence-corrected chi connectivity index (χ0v) is 18.3. The molecule has 0 aliphatic heterocycles. The fourth-order valence-electron chi connectivity index (χ4n) is 4.32. The van der Waals surface area contributed by atoms with E-state index < -0.39 is 0 Å². The molecule has 27 heavy (non-hydrogen) atoms. The third-order valence-electron chi connectivity index (χ3n) is 6.04. The van der Waals surface area contributed by atoms with Crippen molar-refractivity contribution in [3.8, 4) is 22.5 Å². The lowest BCUT2D eigenvalue weighted by molar-refractivity contribution is -0.649. The highest BCUT2D eigenvalue weighted by Crippen LogP contribution is 2.32. The minimum atomic E-state index is 1.31. The summed E-state index contributed by atoms with van der Waals surface area (Å²) in [4.78, 5) is 0. The summed E-state index contributed by atoms with van der Waals surface area (Å²) >= 11 is 0. The number of hydrogen-bond donors (Lipinski definition) is 0. The molecule has 0 amide bonds. The minimum absolute atomic E-state index is 1.31. The second-order valence-corrected chi connectivity index (χ2v) is 8.27. The van der Waals surface area contributed by atoms with Crippen molar-refractivity contribution in [1.82, 2.24) is 0 Å². The molecule has 0 aliphatic rings. The number of aromatic nitrogens is 1. The number of nitrogens with zero attached hydrogens (tertiary/aromatic N) is 1. The van der Waals surface area contributed by atoms with Crippen LogP contribution in [0.5, 0.6) is 0 Å². The molecule has 0 unspecified atom stereocenters. The average Bonchev–Trinajstić information content (AvgIpc) is 2.56. The van der Waals surface area contributed by atoms with Gasteiger partial charge < -0.3 is 0 Å². The molecule has 1 heterocycles. The molecule has 3 aromatic rings. The van der Waals surface area contributed by atoms with Crippen molar-refractivity contribution < 1.29 is 4.57 Å². The maximum Gasteiger partial charge on any atom is 0.215 e. The van der Waals surface area contributed by atoms with Crippen LogP contribution in [0.3, 0.4) is 0 Å². The molecule has 0 fully saturated rings. The fraction of sp³-hybridized carbons (Fsp3) is 0.346. The van der Waals surface area contributed by atoms with Gasteiger partial charge in [-0.15, -0.1) is 0 Å². The summed E-state index contributed by atoms with van der Waals surface area (Å²) in [6.45, 7) is 17.7. The molecule has 1 nitrogen and oxygen atoms in total. The van der Waals surface area contributed by atoms with Gasteiger partial charge in [-0.1, -0.05) is 12.1 Å². The summed E-state index contributed by atoms with van der Waals surface area (Å²) in [5.74, 6) is 0. The van der Waals surface area contributed by atoms with Gasteiger partial charge >= 0.3 is 0 Å². The van der Waals surface area contributed by atoms with Crippen LogP contribution in [-0.4, -0.2) is 0 Å². The van der Waals surface area contributed by atoms with Gasteiger partial charge in [-0.2, -0.15) is 4.57 Å². The summed E-state index contributed by atoms with van der Waals surface area (Å²) in [6, 6.07) is 11.7. The van der Waals surface area contributed by atoms with Gasteiger partial charge in [0.2, 0.25) is 11.4 Å². The Balaban J connectivity index is 2.37. The highest BCUT2D eigenvalue weighted by molar-refractivity contribution is 5.71. The first-order valence-electron chi connectivity index (χ1n) is 9.78. The maximum absolute atomic E-state index is 2.40. The van der Waals surface area contributed by atoms with E-state index in [4.69, 9.17) is 0 Å². The van der Waals surface area contributed by atoms with Gasteiger partial charge in [-0.05, 0) is 107 Å². The average molecular weight is 359 g/mol. The number of pyridine rings is 1. The molecule has 0 spiro atoms. The molecule has 1 heteroatoms. The molecular formula is C26H32N+. The van der Waals surface area contributed by atoms with E-state index >= 15 is 0 Å². The van der Waals surface area contributed by atoms with Crippen molar-refractivity contribution >= 4 is 0 Å². The molecule has 0 atom stereocenters. The Bertz CT molecular complexity index is 973. The van der Waals surface area contributed by atoms with Crippen LogP contribution in [0.15, 0.2) is 30.3 Å². The number of rotatable bonds is 2. The Hall–Kier alpha value is -2.41. The van der Waals surface area contributed by atoms with E-state index in [-0.39, 0.29) is 0 Å². The van der Waals surface area contributed by atoms with E-state index in [9.17, 15) is 0 Å². The van der Waals surface area contributed by atoms with E-state index in [1.165, 1.54) is 67.0 Å². The minimum Gasteiger partial charge on any atom is -0.194 e. The maximum atomic E-state index is 2.40. The van der Waals surface area contributed by atoms with Crippen molar-refractivity contribution in [2.75, 3.05) is 0 Å². The van der Waals surface area contributed by atoms with Crippen LogP contribution in [0.4, 0.5) is 0 Å². The lowest BCUT2D eigenvalue weighted by Crippen LogP contribution is -2.36. The smallest absolute Gasteiger partial charge is 0.194 e. The van der Waals surface area contributed by atoms with E-state index in [2.05, 4.69) is 97.3 Å². The summed E-state index contributed by atoms with van der Waals surface area (Å²) in [5, 5.41) is 0. The van der Waals surface area contributed by atoms with Crippen molar-refractivity contribution in [2.24, 2.45) is 7.05 Å². The van der Waals surface area contributed by atoms with Crippen molar-refractivity contribution in [3.63, 3.8) is 0 Å². The van der Waals surface area contributed by atoms with Crippen LogP contribution >= 0.6 is 0 Å². The van der Waals surface area contributed by atoms with Crippen LogP contribution in [0.1, 0.15) is 44.5 Å². The SMILES string of the molecule is Cc1cc(C)c(-c2c(C)cc(C)c(-c3cc(C)c(C)cc3C)[n+]2C)cc1C. The van der Waals surface area contributed by atoms with Gasteiger partial charge in [0.15, 0.2) is 0 Å². The highest BCUT2D eigenvalue weighted by Gasteiger charge is 2.25. The lowest BCUT2D eigenvalue weighted by atomic mass is 9.92. The predicted molar refractivity (Wildman–Crippen MR) is 116 cm³/mol. The first kappa shape index (κ1) is 19.4. The molecule has 0 radical (unpaired) electrons. The Kier molecular flexibility index (Phi) is 4.99. The van der Waals surface area contributed by atoms with E-state index in [0.29, 0.717) is 0 Å². The normalized spacial score (nSPS) is 11.1. The van der Waals surface area contributed by atoms with Crippen LogP contribution < -0.4 is 4.57 Å². The first-order valence-corrected chi connectivity index (χ1v) is 9.78. The topological polar surface area (TPSA) is 3.88 Å². The second kappa shape index (κ2) is 6.96. The Labute approximate surface area is 164 Å². The van der Waals surface area contributed by atoms with Crippen molar-refractivity contribution in [1.29, 1.82) is 0 Å². The summed E-state index contributed by atoms with van der Waals surface area (Å²) in [6.07, 6.45) is 0. The van der Waals surface area contributed by atoms with Crippen LogP contribution in [0.2, 0.25) is 0 Å². The first-order chi connectivity index (χ1) is 12.6. The second-order valence-electron chi connectivity index (χ2n) is 8.27. The van der Waals surface area contributed by atoms with Gasteiger partial charge in [0.1, 0.15) is 7.05 Å². The quantitative estimate of drug-likeness (QED) is 0.472. The standard InChI is InChI=1S/C26H32N/c1-15-10-19(5)23(13-17(15)3)25-21(7)12-22(8)26(27(25)9)24-14-18(4)16(2)11-20(24)6/h10-14H,1-9H3/q+1. The van der Waals surface area contributed by atoms with Gasteiger partial charge in [-0.3, -0.25) is 0 Å². The molecule has 0 saturated heterocycles. The Morgan fingerprint density at radius 1 is 0.407 bits per heavy atom. The number of aryl methyl sites for hydroxylation is 8. The molecule has 0 aliphatic carbocycles. The van der Waals surface area contributed by atoms with Gasteiger partial charge in [-0.25, -0.2) is 0 Å². The monoisotopic (exact) mass is 358 g/mol. The molecule has 2 aromatic carbocycles. The largest absolute Gasteiger partial charge is 0.215 e. The van der Waals surface area contributed by atoms with Crippen LogP contribution in [-0.2, 0) is 7.05 Å². The van der Waals surface area contributed by atoms with E-state index in [1.54, 1.807) is 0 Å². The van der Waals surface area contributed by atoms with Crippen molar-refractivity contribution in [3.05, 3.63) is 74.8 Å².